The third-order valence-electron chi connectivity index (χ3n) is 5.81. The molecule has 1 fully saturated rings. The summed E-state index contributed by atoms with van der Waals surface area (Å²) in [5.74, 6) is -0.783. The third-order valence-corrected chi connectivity index (χ3v) is 7.14. The lowest BCUT2D eigenvalue weighted by atomic mass is 9.92. The standard InChI is InChI=1S/C27H24F2N2O5S/c28-19-5-1-17(2-6-19)23(33)16-37-26-25(31(27(26)35)21-9-7-20(29)8-10-21)18-3-11-22(12-4-18)36-15-24(34)30-13-14-32/h1-12,14,23,25-26,33H,13,15-16H2,(H,30,34)/t23?,25-,26-/m1/s1. The number of nitrogens with one attached hydrogen (secondary N) is 1. The number of β-lactam (4-membered cyclic amide) rings is 1. The van der Waals surface area contributed by atoms with Crippen molar-refractivity contribution in [3.05, 3.63) is 95.6 Å². The molecule has 2 N–H and O–H groups in total. The second kappa shape index (κ2) is 12.0. The van der Waals surface area contributed by atoms with Crippen molar-refractivity contribution >= 4 is 35.5 Å². The topological polar surface area (TPSA) is 95.9 Å². The van der Waals surface area contributed by atoms with Crippen LogP contribution in [0.5, 0.6) is 5.75 Å². The molecule has 10 heteroatoms. The summed E-state index contributed by atoms with van der Waals surface area (Å²) in [5, 5.41) is 12.4. The van der Waals surface area contributed by atoms with E-state index in [9.17, 15) is 28.3 Å². The zero-order valence-corrected chi connectivity index (χ0v) is 20.4. The van der Waals surface area contributed by atoms with Gasteiger partial charge in [0.15, 0.2) is 6.61 Å². The molecule has 0 aliphatic carbocycles. The maximum atomic E-state index is 13.5. The number of aliphatic hydroxyl groups excluding tert-OH is 1. The van der Waals surface area contributed by atoms with Crippen LogP contribution in [0.4, 0.5) is 14.5 Å². The summed E-state index contributed by atoms with van der Waals surface area (Å²) >= 11 is 1.29. The van der Waals surface area contributed by atoms with Gasteiger partial charge in [0, 0.05) is 11.4 Å². The van der Waals surface area contributed by atoms with Crippen LogP contribution in [0.3, 0.4) is 0 Å². The molecule has 1 saturated heterocycles. The van der Waals surface area contributed by atoms with Gasteiger partial charge in [0.1, 0.15) is 28.9 Å². The van der Waals surface area contributed by atoms with Crippen molar-refractivity contribution in [2.24, 2.45) is 0 Å². The molecule has 192 valence electrons. The Balaban J connectivity index is 1.49. The van der Waals surface area contributed by atoms with Gasteiger partial charge in [0.2, 0.25) is 5.91 Å². The van der Waals surface area contributed by atoms with Crippen molar-refractivity contribution in [3.8, 4) is 5.75 Å². The largest absolute Gasteiger partial charge is 0.484 e. The molecule has 1 aliphatic heterocycles. The number of hydrogen-bond acceptors (Lipinski definition) is 6. The normalized spacial score (nSPS) is 17.6. The van der Waals surface area contributed by atoms with Crippen LogP contribution in [0.2, 0.25) is 0 Å². The first kappa shape index (κ1) is 26.3. The Morgan fingerprint density at radius 2 is 1.65 bits per heavy atom. The van der Waals surface area contributed by atoms with E-state index < -0.39 is 34.9 Å². The fraction of sp³-hybridized carbons (Fsp3) is 0.222. The van der Waals surface area contributed by atoms with Crippen molar-refractivity contribution in [2.75, 3.05) is 23.8 Å². The minimum Gasteiger partial charge on any atom is -0.484 e. The molecular formula is C27H24F2N2O5S. The molecule has 1 heterocycles. The Morgan fingerprint density at radius 1 is 1.03 bits per heavy atom. The summed E-state index contributed by atoms with van der Waals surface area (Å²) in [5.41, 5.74) is 1.88. The van der Waals surface area contributed by atoms with E-state index in [0.29, 0.717) is 23.3 Å². The van der Waals surface area contributed by atoms with Crippen LogP contribution >= 0.6 is 11.8 Å². The zero-order valence-electron chi connectivity index (χ0n) is 19.6. The molecule has 4 rings (SSSR count). The number of benzene rings is 3. The fourth-order valence-electron chi connectivity index (χ4n) is 3.93. The number of nitrogens with zero attached hydrogens (tertiary/aromatic N) is 1. The maximum absolute atomic E-state index is 13.5. The second-order valence-corrected chi connectivity index (χ2v) is 9.45. The maximum Gasteiger partial charge on any atom is 0.258 e. The van der Waals surface area contributed by atoms with Gasteiger partial charge >= 0.3 is 0 Å². The van der Waals surface area contributed by atoms with Crippen molar-refractivity contribution in [2.45, 2.75) is 17.4 Å². The lowest BCUT2D eigenvalue weighted by molar-refractivity contribution is -0.124. The highest BCUT2D eigenvalue weighted by Gasteiger charge is 2.49. The number of ether oxygens (including phenoxy) is 1. The molecule has 0 spiro atoms. The molecule has 1 aliphatic rings. The number of aldehydes is 1. The van der Waals surface area contributed by atoms with Gasteiger partial charge in [-0.1, -0.05) is 24.3 Å². The molecule has 37 heavy (non-hydrogen) atoms. The van der Waals surface area contributed by atoms with Crippen LogP contribution in [0.1, 0.15) is 23.3 Å². The Hall–Kier alpha value is -3.76. The first-order chi connectivity index (χ1) is 17.9. The average molecular weight is 527 g/mol. The lowest BCUT2D eigenvalue weighted by Crippen LogP contribution is -2.57. The summed E-state index contributed by atoms with van der Waals surface area (Å²) < 4.78 is 32.1. The van der Waals surface area contributed by atoms with E-state index in [2.05, 4.69) is 5.32 Å². The quantitative estimate of drug-likeness (QED) is 0.293. The molecule has 7 nitrogen and oxygen atoms in total. The zero-order chi connectivity index (χ0) is 26.4. The summed E-state index contributed by atoms with van der Waals surface area (Å²) in [4.78, 5) is 36.7. The van der Waals surface area contributed by atoms with Crippen molar-refractivity contribution in [1.29, 1.82) is 0 Å². The monoisotopic (exact) mass is 526 g/mol. The lowest BCUT2D eigenvalue weighted by Gasteiger charge is -2.47. The number of anilines is 1. The highest BCUT2D eigenvalue weighted by atomic mass is 32.2. The van der Waals surface area contributed by atoms with Crippen LogP contribution < -0.4 is 15.0 Å². The van der Waals surface area contributed by atoms with E-state index in [1.54, 1.807) is 29.2 Å². The highest BCUT2D eigenvalue weighted by molar-refractivity contribution is 8.00. The summed E-state index contributed by atoms with van der Waals surface area (Å²) in [6.45, 7) is -0.346. The molecule has 0 saturated carbocycles. The van der Waals surface area contributed by atoms with E-state index in [4.69, 9.17) is 4.74 Å². The molecule has 0 radical (unpaired) electrons. The smallest absolute Gasteiger partial charge is 0.258 e. The van der Waals surface area contributed by atoms with Gasteiger partial charge in [0.05, 0.1) is 18.7 Å². The van der Waals surface area contributed by atoms with Gasteiger partial charge in [-0.2, -0.15) is 0 Å². The molecule has 3 atom stereocenters. The van der Waals surface area contributed by atoms with Crippen molar-refractivity contribution in [1.82, 2.24) is 5.32 Å². The fourth-order valence-corrected chi connectivity index (χ4v) is 5.23. The molecule has 0 aromatic heterocycles. The van der Waals surface area contributed by atoms with Gasteiger partial charge in [-0.15, -0.1) is 11.8 Å². The second-order valence-electron chi connectivity index (χ2n) is 8.28. The van der Waals surface area contributed by atoms with Crippen LogP contribution in [0.15, 0.2) is 72.8 Å². The Kier molecular flexibility index (Phi) is 8.52. The number of halogens is 2. The number of rotatable bonds is 11. The van der Waals surface area contributed by atoms with E-state index in [0.717, 1.165) is 5.56 Å². The number of hydrogen-bond donors (Lipinski definition) is 2. The Morgan fingerprint density at radius 3 is 2.27 bits per heavy atom. The molecule has 2 amide bonds. The van der Waals surface area contributed by atoms with E-state index in [-0.39, 0.29) is 24.8 Å². The Labute approximate surface area is 216 Å². The van der Waals surface area contributed by atoms with E-state index in [1.165, 1.54) is 60.3 Å². The predicted molar refractivity (Wildman–Crippen MR) is 135 cm³/mol. The van der Waals surface area contributed by atoms with Crippen molar-refractivity contribution in [3.63, 3.8) is 0 Å². The van der Waals surface area contributed by atoms with Crippen LogP contribution in [-0.4, -0.2) is 47.4 Å². The van der Waals surface area contributed by atoms with Gasteiger partial charge in [-0.25, -0.2) is 8.78 Å². The highest BCUT2D eigenvalue weighted by Crippen LogP contribution is 2.46. The summed E-state index contributed by atoms with van der Waals surface area (Å²) in [7, 11) is 0. The first-order valence-electron chi connectivity index (χ1n) is 11.4. The predicted octanol–water partition coefficient (Wildman–Crippen LogP) is 3.58. The van der Waals surface area contributed by atoms with Crippen LogP contribution in [0, 0.1) is 11.6 Å². The summed E-state index contributed by atoms with van der Waals surface area (Å²) in [6.07, 6.45) is -0.313. The third kappa shape index (κ3) is 6.33. The Bertz CT molecular complexity index is 1240. The number of carbonyl (C=O) groups excluding carboxylic acids is 3. The molecule has 0 bridgehead atoms. The number of amides is 2. The van der Waals surface area contributed by atoms with Gasteiger partial charge in [0.25, 0.3) is 5.91 Å². The summed E-state index contributed by atoms with van der Waals surface area (Å²) in [6, 6.07) is 17.7. The number of aliphatic hydroxyl groups is 1. The van der Waals surface area contributed by atoms with E-state index in [1.807, 2.05) is 0 Å². The first-order valence-corrected chi connectivity index (χ1v) is 12.5. The number of thioether (sulfide) groups is 1. The van der Waals surface area contributed by atoms with Gasteiger partial charge in [-0.3, -0.25) is 9.59 Å². The minimum atomic E-state index is -0.889. The van der Waals surface area contributed by atoms with E-state index >= 15 is 0 Å². The SMILES string of the molecule is O=CCNC(=O)COc1ccc([C@@H]2[C@@H](SCC(O)c3ccc(F)cc3)C(=O)N2c2ccc(F)cc2)cc1. The van der Waals surface area contributed by atoms with Gasteiger partial charge < -0.3 is 24.9 Å². The van der Waals surface area contributed by atoms with Crippen molar-refractivity contribution < 1.29 is 33.0 Å². The molecule has 3 aromatic rings. The average Bonchev–Trinajstić information content (AvgIpc) is 2.91. The van der Waals surface area contributed by atoms with Crippen LogP contribution in [0.25, 0.3) is 0 Å². The van der Waals surface area contributed by atoms with Crippen LogP contribution in [-0.2, 0) is 14.4 Å². The number of carbonyl (C=O) groups is 3. The molecule has 1 unspecified atom stereocenters. The minimum absolute atomic E-state index is 0.0923. The molecular weight excluding hydrogens is 502 g/mol. The molecule has 3 aromatic carbocycles. The van der Waals surface area contributed by atoms with Gasteiger partial charge in [-0.05, 0) is 59.7 Å².